The Kier molecular flexibility index (Phi) is 4.58. The molecule has 1 heterocycles. The topological polar surface area (TPSA) is 49.3 Å². The van der Waals surface area contributed by atoms with Gasteiger partial charge in [-0.3, -0.25) is 0 Å². The fourth-order valence-electron chi connectivity index (χ4n) is 1.71. The molecule has 2 aromatic rings. The third kappa shape index (κ3) is 3.80. The second-order valence-electron chi connectivity index (χ2n) is 4.26. The molecule has 2 rings (SSSR count). The normalized spacial score (nSPS) is 12.3. The van der Waals surface area contributed by atoms with Crippen LogP contribution in [0.5, 0.6) is 0 Å². The van der Waals surface area contributed by atoms with Crippen LogP contribution in [-0.4, -0.2) is 11.1 Å². The number of hydrogen-bond acceptors (Lipinski definition) is 3. The number of rotatable bonds is 5. The van der Waals surface area contributed by atoms with Gasteiger partial charge in [-0.2, -0.15) is 0 Å². The summed E-state index contributed by atoms with van der Waals surface area (Å²) in [6, 6.07) is 9.58. The third-order valence-electron chi connectivity index (χ3n) is 2.85. The predicted octanol–water partition coefficient (Wildman–Crippen LogP) is 3.95. The largest absolute Gasteiger partial charge is 0.478 e. The quantitative estimate of drug-likeness (QED) is 0.878. The molecule has 0 saturated heterocycles. The van der Waals surface area contributed by atoms with Gasteiger partial charge < -0.3 is 10.4 Å². The van der Waals surface area contributed by atoms with Crippen LogP contribution in [0, 0.1) is 0 Å². The molecule has 0 unspecified atom stereocenters. The Morgan fingerprint density at radius 2 is 2.11 bits per heavy atom. The van der Waals surface area contributed by atoms with Gasteiger partial charge in [-0.05, 0) is 30.7 Å². The van der Waals surface area contributed by atoms with Crippen LogP contribution in [-0.2, 0) is 6.54 Å². The van der Waals surface area contributed by atoms with Crippen LogP contribution >= 0.6 is 22.9 Å². The fourth-order valence-corrected chi connectivity index (χ4v) is 2.64. The molecular weight excluding hydrogens is 282 g/mol. The van der Waals surface area contributed by atoms with Crippen LogP contribution in [0.2, 0.25) is 5.02 Å². The van der Waals surface area contributed by atoms with Crippen LogP contribution in [0.1, 0.15) is 33.8 Å². The molecule has 0 fully saturated rings. The molecule has 2 N–H and O–H groups in total. The van der Waals surface area contributed by atoms with Gasteiger partial charge in [0, 0.05) is 27.9 Å². The predicted molar refractivity (Wildman–Crippen MR) is 78.0 cm³/mol. The summed E-state index contributed by atoms with van der Waals surface area (Å²) < 4.78 is 0. The van der Waals surface area contributed by atoms with Crippen molar-refractivity contribution in [3.63, 3.8) is 0 Å². The first-order chi connectivity index (χ1) is 9.06. The molecule has 0 aliphatic heterocycles. The summed E-state index contributed by atoms with van der Waals surface area (Å²) in [7, 11) is 0. The van der Waals surface area contributed by atoms with Crippen molar-refractivity contribution < 1.29 is 9.90 Å². The zero-order chi connectivity index (χ0) is 13.8. The van der Waals surface area contributed by atoms with Crippen molar-refractivity contribution in [3.8, 4) is 0 Å². The third-order valence-corrected chi connectivity index (χ3v) is 4.04. The molecule has 1 aromatic carbocycles. The highest BCUT2D eigenvalue weighted by molar-refractivity contribution is 7.10. The summed E-state index contributed by atoms with van der Waals surface area (Å²) in [6.45, 7) is 2.72. The van der Waals surface area contributed by atoms with Crippen molar-refractivity contribution in [2.24, 2.45) is 0 Å². The molecule has 19 heavy (non-hydrogen) atoms. The highest BCUT2D eigenvalue weighted by atomic mass is 35.5. The van der Waals surface area contributed by atoms with E-state index in [9.17, 15) is 4.79 Å². The summed E-state index contributed by atoms with van der Waals surface area (Å²) in [5, 5.41) is 14.6. The van der Waals surface area contributed by atoms with E-state index in [1.54, 1.807) is 11.4 Å². The first-order valence-corrected chi connectivity index (χ1v) is 7.11. The van der Waals surface area contributed by atoms with Crippen LogP contribution in [0.3, 0.4) is 0 Å². The summed E-state index contributed by atoms with van der Waals surface area (Å²) in [4.78, 5) is 11.8. The lowest BCUT2D eigenvalue weighted by atomic mass is 10.1. The number of aromatic carboxylic acids is 1. The molecule has 0 aliphatic carbocycles. The maximum atomic E-state index is 10.8. The monoisotopic (exact) mass is 295 g/mol. The molecule has 0 spiro atoms. The standard InChI is InChI=1S/C14H14ClNO2S/c1-9(10-2-4-12(15)5-3-10)16-7-13-6-11(8-19-13)14(17)18/h2-6,8-9,16H,7H2,1H3,(H,17,18)/t9-/m0/s1. The van der Waals surface area contributed by atoms with E-state index in [2.05, 4.69) is 12.2 Å². The second kappa shape index (κ2) is 6.19. The van der Waals surface area contributed by atoms with Gasteiger partial charge in [0.25, 0.3) is 0 Å². The van der Waals surface area contributed by atoms with Crippen molar-refractivity contribution in [2.45, 2.75) is 19.5 Å². The maximum absolute atomic E-state index is 10.8. The Bertz CT molecular complexity index is 565. The average molecular weight is 296 g/mol. The smallest absolute Gasteiger partial charge is 0.336 e. The molecule has 5 heteroatoms. The number of nitrogens with one attached hydrogen (secondary N) is 1. The second-order valence-corrected chi connectivity index (χ2v) is 5.69. The van der Waals surface area contributed by atoms with E-state index in [0.717, 1.165) is 15.5 Å². The molecule has 3 nitrogen and oxygen atoms in total. The Morgan fingerprint density at radius 1 is 1.42 bits per heavy atom. The first kappa shape index (κ1) is 14.1. The molecule has 0 bridgehead atoms. The van der Waals surface area contributed by atoms with E-state index in [0.29, 0.717) is 12.1 Å². The van der Waals surface area contributed by atoms with Crippen molar-refractivity contribution in [1.82, 2.24) is 5.32 Å². The number of carboxylic acid groups (broad SMARTS) is 1. The zero-order valence-electron chi connectivity index (χ0n) is 10.4. The lowest BCUT2D eigenvalue weighted by molar-refractivity contribution is 0.0697. The van der Waals surface area contributed by atoms with Crippen LogP contribution in [0.4, 0.5) is 0 Å². The van der Waals surface area contributed by atoms with Crippen molar-refractivity contribution in [2.75, 3.05) is 0 Å². The number of carboxylic acids is 1. The Labute approximate surface area is 120 Å². The van der Waals surface area contributed by atoms with Gasteiger partial charge in [0.05, 0.1) is 5.56 Å². The summed E-state index contributed by atoms with van der Waals surface area (Å²) in [5.41, 5.74) is 1.50. The number of hydrogen-bond donors (Lipinski definition) is 2. The van der Waals surface area contributed by atoms with Gasteiger partial charge in [-0.1, -0.05) is 23.7 Å². The van der Waals surface area contributed by atoms with Crippen molar-refractivity contribution >= 4 is 28.9 Å². The number of thiophene rings is 1. The molecule has 0 aliphatic rings. The van der Waals surface area contributed by atoms with E-state index in [1.807, 2.05) is 24.3 Å². The zero-order valence-corrected chi connectivity index (χ0v) is 12.0. The first-order valence-electron chi connectivity index (χ1n) is 5.86. The van der Waals surface area contributed by atoms with Crippen LogP contribution in [0.15, 0.2) is 35.7 Å². The van der Waals surface area contributed by atoms with E-state index in [4.69, 9.17) is 16.7 Å². The SMILES string of the molecule is C[C@H](NCc1cc(C(=O)O)cs1)c1ccc(Cl)cc1. The van der Waals surface area contributed by atoms with E-state index in [1.165, 1.54) is 11.3 Å². The Balaban J connectivity index is 1.94. The Hall–Kier alpha value is -1.36. The highest BCUT2D eigenvalue weighted by Crippen LogP contribution is 2.19. The Morgan fingerprint density at radius 3 is 2.68 bits per heavy atom. The van der Waals surface area contributed by atoms with Gasteiger partial charge in [0.2, 0.25) is 0 Å². The summed E-state index contributed by atoms with van der Waals surface area (Å²) in [5.74, 6) is -0.881. The minimum absolute atomic E-state index is 0.188. The van der Waals surface area contributed by atoms with Gasteiger partial charge >= 0.3 is 5.97 Å². The van der Waals surface area contributed by atoms with E-state index < -0.39 is 5.97 Å². The fraction of sp³-hybridized carbons (Fsp3) is 0.214. The molecule has 0 amide bonds. The highest BCUT2D eigenvalue weighted by Gasteiger charge is 2.08. The van der Waals surface area contributed by atoms with Gasteiger partial charge in [0.15, 0.2) is 0 Å². The van der Waals surface area contributed by atoms with E-state index >= 15 is 0 Å². The lowest BCUT2D eigenvalue weighted by Gasteiger charge is -2.13. The van der Waals surface area contributed by atoms with Crippen molar-refractivity contribution in [3.05, 3.63) is 56.7 Å². The number of benzene rings is 1. The van der Waals surface area contributed by atoms with Gasteiger partial charge in [-0.25, -0.2) is 4.79 Å². The van der Waals surface area contributed by atoms with Crippen LogP contribution < -0.4 is 5.32 Å². The minimum atomic E-state index is -0.881. The van der Waals surface area contributed by atoms with Gasteiger partial charge in [0.1, 0.15) is 0 Å². The lowest BCUT2D eigenvalue weighted by Crippen LogP contribution is -2.17. The minimum Gasteiger partial charge on any atom is -0.478 e. The maximum Gasteiger partial charge on any atom is 0.336 e. The van der Waals surface area contributed by atoms with E-state index in [-0.39, 0.29) is 6.04 Å². The molecule has 100 valence electrons. The summed E-state index contributed by atoms with van der Waals surface area (Å²) in [6.07, 6.45) is 0. The molecule has 0 radical (unpaired) electrons. The molecule has 0 saturated carbocycles. The average Bonchev–Trinajstić information content (AvgIpc) is 2.86. The number of halogens is 1. The van der Waals surface area contributed by atoms with Crippen molar-refractivity contribution in [1.29, 1.82) is 0 Å². The summed E-state index contributed by atoms with van der Waals surface area (Å²) >= 11 is 7.30. The van der Waals surface area contributed by atoms with Gasteiger partial charge in [-0.15, -0.1) is 11.3 Å². The molecule has 1 atom stereocenters. The molecular formula is C14H14ClNO2S. The number of carbonyl (C=O) groups is 1. The molecule has 1 aromatic heterocycles. The van der Waals surface area contributed by atoms with Crippen LogP contribution in [0.25, 0.3) is 0 Å².